The van der Waals surface area contributed by atoms with E-state index in [1.54, 1.807) is 11.0 Å². The molecule has 1 aromatic carbocycles. The van der Waals surface area contributed by atoms with Crippen molar-refractivity contribution >= 4 is 28.2 Å². The van der Waals surface area contributed by atoms with Crippen LogP contribution in [0.5, 0.6) is 0 Å². The second kappa shape index (κ2) is 6.11. The molecule has 0 aromatic heterocycles. The van der Waals surface area contributed by atoms with Crippen LogP contribution in [0.2, 0.25) is 5.02 Å². The summed E-state index contributed by atoms with van der Waals surface area (Å²) >= 11 is 5.81. The van der Waals surface area contributed by atoms with Gasteiger partial charge in [-0.05, 0) is 32.0 Å². The van der Waals surface area contributed by atoms with Gasteiger partial charge in [-0.2, -0.15) is 0 Å². The number of nitrogens with one attached hydrogen (secondary N) is 1. The molecule has 110 valence electrons. The largest absolute Gasteiger partial charge is 0.336 e. The highest BCUT2D eigenvalue weighted by Crippen LogP contribution is 2.20. The van der Waals surface area contributed by atoms with Gasteiger partial charge in [0.2, 0.25) is 0 Å². The van der Waals surface area contributed by atoms with Crippen molar-refractivity contribution < 1.29 is 13.2 Å². The minimum absolute atomic E-state index is 0.0104. The van der Waals surface area contributed by atoms with Gasteiger partial charge in [0.15, 0.2) is 10.7 Å². The molecule has 0 bridgehead atoms. The molecule has 0 saturated carbocycles. The van der Waals surface area contributed by atoms with E-state index in [9.17, 15) is 13.2 Å². The van der Waals surface area contributed by atoms with Crippen LogP contribution >= 0.6 is 11.6 Å². The molecule has 2 rings (SSSR count). The maximum Gasteiger partial charge on any atom is 0.254 e. The van der Waals surface area contributed by atoms with Crippen LogP contribution in [0.1, 0.15) is 24.2 Å². The van der Waals surface area contributed by atoms with Gasteiger partial charge >= 0.3 is 0 Å². The lowest BCUT2D eigenvalue weighted by atomic mass is 10.1. The van der Waals surface area contributed by atoms with E-state index >= 15 is 0 Å². The summed E-state index contributed by atoms with van der Waals surface area (Å²) in [5.74, 6) is -0.167. The fourth-order valence-corrected chi connectivity index (χ4v) is 3.28. The highest BCUT2D eigenvalue weighted by molar-refractivity contribution is 7.72. The van der Waals surface area contributed by atoms with Crippen LogP contribution in [-0.4, -0.2) is 44.4 Å². The third-order valence-corrected chi connectivity index (χ3v) is 4.46. The highest BCUT2D eigenvalue weighted by atomic mass is 35.5. The van der Waals surface area contributed by atoms with Crippen molar-refractivity contribution in [3.05, 3.63) is 28.8 Å². The Morgan fingerprint density at radius 3 is 2.45 bits per heavy atom. The molecular weight excluding hydrogens is 300 g/mol. The molecular formula is C13H17ClN2O3S. The quantitative estimate of drug-likeness (QED) is 0.803. The van der Waals surface area contributed by atoms with Crippen molar-refractivity contribution in [2.24, 2.45) is 0 Å². The lowest BCUT2D eigenvalue weighted by Crippen LogP contribution is -2.55. The number of hydrogen-bond donors (Lipinski definition) is 2. The summed E-state index contributed by atoms with van der Waals surface area (Å²) < 4.78 is 22.2. The molecule has 1 fully saturated rings. The molecule has 2 unspecified atom stereocenters. The first kappa shape index (κ1) is 15.3. The monoisotopic (exact) mass is 316 g/mol. The standard InChI is InChI=1S/C13H17ClN2O3S/c1-8-6-16(7-9(2)15-8)13(17)10-3-4-11(14)12(5-10)20(18)19/h3-5,8-9,15,20H,6-7H2,1-2H3. The lowest BCUT2D eigenvalue weighted by molar-refractivity contribution is 0.0673. The van der Waals surface area contributed by atoms with Crippen molar-refractivity contribution in [3.63, 3.8) is 0 Å². The van der Waals surface area contributed by atoms with Gasteiger partial charge in [-0.15, -0.1) is 0 Å². The van der Waals surface area contributed by atoms with Crippen LogP contribution in [0.25, 0.3) is 0 Å². The van der Waals surface area contributed by atoms with Crippen molar-refractivity contribution in [1.29, 1.82) is 0 Å². The van der Waals surface area contributed by atoms with E-state index < -0.39 is 10.7 Å². The molecule has 7 heteroatoms. The van der Waals surface area contributed by atoms with E-state index in [4.69, 9.17) is 11.6 Å². The molecule has 1 aromatic rings. The van der Waals surface area contributed by atoms with E-state index in [0.717, 1.165) is 0 Å². The molecule has 1 aliphatic heterocycles. The first-order valence-corrected chi connectivity index (χ1v) is 7.93. The molecule has 0 radical (unpaired) electrons. The second-order valence-electron chi connectivity index (χ2n) is 5.10. The third kappa shape index (κ3) is 3.31. The lowest BCUT2D eigenvalue weighted by Gasteiger charge is -2.36. The average Bonchev–Trinajstić information content (AvgIpc) is 2.37. The summed E-state index contributed by atoms with van der Waals surface area (Å²) in [6.45, 7) is 5.23. The van der Waals surface area contributed by atoms with E-state index in [0.29, 0.717) is 18.7 Å². The number of piperazine rings is 1. The van der Waals surface area contributed by atoms with Gasteiger partial charge in [-0.25, -0.2) is 8.42 Å². The number of halogens is 1. The minimum Gasteiger partial charge on any atom is -0.336 e. The summed E-state index contributed by atoms with van der Waals surface area (Å²) in [6, 6.07) is 4.78. The first-order valence-electron chi connectivity index (χ1n) is 6.37. The third-order valence-electron chi connectivity index (χ3n) is 3.23. The highest BCUT2D eigenvalue weighted by Gasteiger charge is 2.25. The summed E-state index contributed by atoms with van der Waals surface area (Å²) in [5.41, 5.74) is 0.352. The fourth-order valence-electron chi connectivity index (χ4n) is 2.46. The molecule has 20 heavy (non-hydrogen) atoms. The number of hydrogen-bond acceptors (Lipinski definition) is 4. The van der Waals surface area contributed by atoms with Crippen LogP contribution in [-0.2, 0) is 10.7 Å². The zero-order valence-electron chi connectivity index (χ0n) is 11.3. The number of thiol groups is 1. The van der Waals surface area contributed by atoms with Crippen LogP contribution in [0.4, 0.5) is 0 Å². The fraction of sp³-hybridized carbons (Fsp3) is 0.462. The molecule has 1 aliphatic rings. The molecule has 1 amide bonds. The van der Waals surface area contributed by atoms with Gasteiger partial charge in [0.05, 0.1) is 9.92 Å². The topological polar surface area (TPSA) is 66.5 Å². The van der Waals surface area contributed by atoms with Crippen molar-refractivity contribution in [2.75, 3.05) is 13.1 Å². The SMILES string of the molecule is CC1CN(C(=O)c2ccc(Cl)c([SH](=O)=O)c2)CC(C)N1. The van der Waals surface area contributed by atoms with Gasteiger partial charge < -0.3 is 10.2 Å². The molecule has 0 aliphatic carbocycles. The van der Waals surface area contributed by atoms with Crippen molar-refractivity contribution in [2.45, 2.75) is 30.8 Å². The number of nitrogens with zero attached hydrogens (tertiary/aromatic N) is 1. The Bertz CT molecular complexity index is 585. The molecule has 5 nitrogen and oxygen atoms in total. The first-order chi connectivity index (χ1) is 9.38. The number of benzene rings is 1. The van der Waals surface area contributed by atoms with Crippen LogP contribution in [0.15, 0.2) is 23.1 Å². The predicted molar refractivity (Wildman–Crippen MR) is 78.0 cm³/mol. The molecule has 1 saturated heterocycles. The molecule has 0 spiro atoms. The summed E-state index contributed by atoms with van der Waals surface area (Å²) in [7, 11) is -2.81. The van der Waals surface area contributed by atoms with E-state index in [2.05, 4.69) is 5.32 Å². The van der Waals surface area contributed by atoms with Gasteiger partial charge in [0.1, 0.15) is 0 Å². The molecule has 2 atom stereocenters. The predicted octanol–water partition coefficient (Wildman–Crippen LogP) is 1.13. The average molecular weight is 317 g/mol. The van der Waals surface area contributed by atoms with Crippen LogP contribution in [0, 0.1) is 0 Å². The number of carbonyl (C=O) groups excluding carboxylic acids is 1. The number of carbonyl (C=O) groups is 1. The Hall–Kier alpha value is -1.11. The van der Waals surface area contributed by atoms with Gasteiger partial charge in [0.25, 0.3) is 5.91 Å². The van der Waals surface area contributed by atoms with Gasteiger partial charge in [-0.1, -0.05) is 11.6 Å². The van der Waals surface area contributed by atoms with Crippen LogP contribution < -0.4 is 5.32 Å². The Balaban J connectivity index is 2.27. The summed E-state index contributed by atoms with van der Waals surface area (Å²) in [5, 5.41) is 3.48. The van der Waals surface area contributed by atoms with E-state index in [-0.39, 0.29) is 27.9 Å². The van der Waals surface area contributed by atoms with Crippen molar-refractivity contribution in [3.8, 4) is 0 Å². The van der Waals surface area contributed by atoms with Gasteiger partial charge in [-0.3, -0.25) is 4.79 Å². The Morgan fingerprint density at radius 1 is 1.30 bits per heavy atom. The summed E-state index contributed by atoms with van der Waals surface area (Å²) in [4.78, 5) is 14.2. The number of amides is 1. The van der Waals surface area contributed by atoms with E-state index in [1.165, 1.54) is 12.1 Å². The Labute approximate surface area is 124 Å². The smallest absolute Gasteiger partial charge is 0.254 e. The van der Waals surface area contributed by atoms with E-state index in [1.807, 2.05) is 13.8 Å². The zero-order chi connectivity index (χ0) is 14.9. The number of rotatable bonds is 2. The van der Waals surface area contributed by atoms with Crippen molar-refractivity contribution in [1.82, 2.24) is 10.2 Å². The normalized spacial score (nSPS) is 23.1. The maximum absolute atomic E-state index is 12.4. The van der Waals surface area contributed by atoms with Crippen LogP contribution in [0.3, 0.4) is 0 Å². The molecule has 1 heterocycles. The van der Waals surface area contributed by atoms with Gasteiger partial charge in [0, 0.05) is 30.7 Å². The zero-order valence-corrected chi connectivity index (χ0v) is 12.9. The second-order valence-corrected chi connectivity index (χ2v) is 6.51. The maximum atomic E-state index is 12.4. The Kier molecular flexibility index (Phi) is 4.67. The Morgan fingerprint density at radius 2 is 1.90 bits per heavy atom. The minimum atomic E-state index is -2.81. The molecule has 1 N–H and O–H groups in total. The summed E-state index contributed by atoms with van der Waals surface area (Å²) in [6.07, 6.45) is 0.